The SMILES string of the molecule is CCCC[C@H](C)[C@H](CC(=O)N[C@@H](Cc1ccc(I)cc1)C(=O)N[C@@H](C)C(=O)O)OC(=O)[C@H](N)[C@@H](C)CC. The van der Waals surface area contributed by atoms with Crippen LogP contribution in [-0.2, 0) is 30.3 Å². The van der Waals surface area contributed by atoms with Gasteiger partial charge in [0.1, 0.15) is 24.2 Å². The summed E-state index contributed by atoms with van der Waals surface area (Å²) in [6.07, 6.45) is 2.71. The summed E-state index contributed by atoms with van der Waals surface area (Å²) >= 11 is 2.17. The van der Waals surface area contributed by atoms with Crippen molar-refractivity contribution in [3.63, 3.8) is 0 Å². The molecule has 0 aromatic heterocycles. The Morgan fingerprint density at radius 1 is 1.03 bits per heavy atom. The molecule has 0 fully saturated rings. The van der Waals surface area contributed by atoms with Crippen molar-refractivity contribution in [2.24, 2.45) is 17.6 Å². The lowest BCUT2D eigenvalue weighted by Crippen LogP contribution is -2.52. The number of carbonyl (C=O) groups is 4. The van der Waals surface area contributed by atoms with Gasteiger partial charge in [0.2, 0.25) is 11.8 Å². The first-order valence-corrected chi connectivity index (χ1v) is 14.0. The molecule has 1 rings (SSSR count). The number of halogens is 1. The second-order valence-electron chi connectivity index (χ2n) is 9.73. The Bertz CT molecular complexity index is 895. The summed E-state index contributed by atoms with van der Waals surface area (Å²) in [6, 6.07) is 4.57. The van der Waals surface area contributed by atoms with E-state index < -0.39 is 48.0 Å². The molecule has 208 valence electrons. The molecule has 10 heteroatoms. The number of carboxylic acids is 1. The highest BCUT2D eigenvalue weighted by Gasteiger charge is 2.31. The summed E-state index contributed by atoms with van der Waals surface area (Å²) in [5, 5.41) is 14.4. The van der Waals surface area contributed by atoms with Crippen molar-refractivity contribution in [1.29, 1.82) is 0 Å². The second kappa shape index (κ2) is 16.6. The highest BCUT2D eigenvalue weighted by Crippen LogP contribution is 2.20. The van der Waals surface area contributed by atoms with Gasteiger partial charge in [0, 0.05) is 9.99 Å². The number of carboxylic acid groups (broad SMARTS) is 1. The molecule has 0 heterocycles. The van der Waals surface area contributed by atoms with Crippen LogP contribution in [0.3, 0.4) is 0 Å². The van der Waals surface area contributed by atoms with E-state index in [-0.39, 0.29) is 24.7 Å². The second-order valence-corrected chi connectivity index (χ2v) is 11.0. The first-order chi connectivity index (χ1) is 17.4. The van der Waals surface area contributed by atoms with Gasteiger partial charge in [-0.15, -0.1) is 0 Å². The van der Waals surface area contributed by atoms with E-state index in [1.807, 2.05) is 45.0 Å². The van der Waals surface area contributed by atoms with E-state index >= 15 is 0 Å². The molecule has 5 N–H and O–H groups in total. The largest absolute Gasteiger partial charge is 0.480 e. The zero-order chi connectivity index (χ0) is 28.1. The first kappa shape index (κ1) is 32.8. The van der Waals surface area contributed by atoms with E-state index in [1.54, 1.807) is 0 Å². The third kappa shape index (κ3) is 11.8. The Labute approximate surface area is 233 Å². The number of hydrogen-bond donors (Lipinski definition) is 4. The number of nitrogens with one attached hydrogen (secondary N) is 2. The Balaban J connectivity index is 3.05. The summed E-state index contributed by atoms with van der Waals surface area (Å²) in [7, 11) is 0. The first-order valence-electron chi connectivity index (χ1n) is 12.9. The Morgan fingerprint density at radius 2 is 1.65 bits per heavy atom. The minimum Gasteiger partial charge on any atom is -0.480 e. The van der Waals surface area contributed by atoms with Crippen molar-refractivity contribution in [2.75, 3.05) is 0 Å². The lowest BCUT2D eigenvalue weighted by molar-refractivity contribution is -0.156. The molecule has 37 heavy (non-hydrogen) atoms. The molecule has 0 radical (unpaired) electrons. The third-order valence-electron chi connectivity index (χ3n) is 6.56. The van der Waals surface area contributed by atoms with Gasteiger partial charge < -0.3 is 26.2 Å². The molecule has 2 amide bonds. The van der Waals surface area contributed by atoms with Gasteiger partial charge in [-0.3, -0.25) is 19.2 Å². The summed E-state index contributed by atoms with van der Waals surface area (Å²) in [4.78, 5) is 50.0. The van der Waals surface area contributed by atoms with Gasteiger partial charge in [-0.05, 0) is 65.5 Å². The fourth-order valence-electron chi connectivity index (χ4n) is 3.66. The maximum Gasteiger partial charge on any atom is 0.325 e. The van der Waals surface area contributed by atoms with E-state index in [0.29, 0.717) is 0 Å². The van der Waals surface area contributed by atoms with E-state index in [1.165, 1.54) is 6.92 Å². The van der Waals surface area contributed by atoms with Crippen molar-refractivity contribution < 1.29 is 29.0 Å². The predicted molar refractivity (Wildman–Crippen MR) is 151 cm³/mol. The molecule has 1 aromatic carbocycles. The summed E-state index contributed by atoms with van der Waals surface area (Å²) in [6.45, 7) is 9.16. The smallest absolute Gasteiger partial charge is 0.325 e. The predicted octanol–water partition coefficient (Wildman–Crippen LogP) is 3.41. The van der Waals surface area contributed by atoms with Crippen LogP contribution in [-0.4, -0.2) is 53.1 Å². The average molecular weight is 632 g/mol. The molecule has 0 aliphatic rings. The monoisotopic (exact) mass is 631 g/mol. The lowest BCUT2D eigenvalue weighted by atomic mass is 9.94. The molecular formula is C27H42IN3O6. The number of rotatable bonds is 16. The minimum atomic E-state index is -1.18. The van der Waals surface area contributed by atoms with Crippen LogP contribution in [0.5, 0.6) is 0 Å². The van der Waals surface area contributed by atoms with E-state index in [0.717, 1.165) is 34.8 Å². The van der Waals surface area contributed by atoms with Crippen LogP contribution in [0.25, 0.3) is 0 Å². The average Bonchev–Trinajstić information content (AvgIpc) is 2.86. The summed E-state index contributed by atoms with van der Waals surface area (Å²) < 4.78 is 6.75. The highest BCUT2D eigenvalue weighted by atomic mass is 127. The van der Waals surface area contributed by atoms with E-state index in [2.05, 4.69) is 40.1 Å². The van der Waals surface area contributed by atoms with Crippen LogP contribution < -0.4 is 16.4 Å². The number of unbranched alkanes of at least 4 members (excludes halogenated alkanes) is 1. The molecule has 9 nitrogen and oxygen atoms in total. The zero-order valence-corrected chi connectivity index (χ0v) is 24.6. The minimum absolute atomic E-state index is 0.0637. The molecule has 1 aromatic rings. The molecular weight excluding hydrogens is 589 g/mol. The fourth-order valence-corrected chi connectivity index (χ4v) is 4.02. The van der Waals surface area contributed by atoms with Crippen LogP contribution >= 0.6 is 22.6 Å². The molecule has 0 bridgehead atoms. The van der Waals surface area contributed by atoms with E-state index in [9.17, 15) is 24.3 Å². The van der Waals surface area contributed by atoms with Crippen LogP contribution in [0.4, 0.5) is 0 Å². The standard InChI is InChI=1S/C27H42IN3O6/c1-6-8-9-17(4)22(37-27(36)24(29)16(3)7-2)15-23(32)31-21(25(33)30-18(5)26(34)35)14-19-10-12-20(28)13-11-19/h10-13,16-18,21-22,24H,6-9,14-15,29H2,1-5H3,(H,30,33)(H,31,32)(H,34,35)/t16-,17-,18-,21-,22-,24+/m0/s1. The number of nitrogens with two attached hydrogens (primary N) is 1. The number of carbonyl (C=O) groups excluding carboxylic acids is 3. The summed E-state index contributed by atoms with van der Waals surface area (Å²) in [5.41, 5.74) is 6.87. The topological polar surface area (TPSA) is 148 Å². The van der Waals surface area contributed by atoms with Crippen LogP contribution in [0, 0.1) is 15.4 Å². The van der Waals surface area contributed by atoms with Crippen molar-refractivity contribution in [1.82, 2.24) is 10.6 Å². The maximum atomic E-state index is 13.1. The zero-order valence-electron chi connectivity index (χ0n) is 22.5. The van der Waals surface area contributed by atoms with Crippen LogP contribution in [0.15, 0.2) is 24.3 Å². The Hall–Kier alpha value is -2.21. The number of esters is 1. The van der Waals surface area contributed by atoms with Crippen molar-refractivity contribution in [3.8, 4) is 0 Å². The Kier molecular flexibility index (Phi) is 14.7. The number of benzene rings is 1. The van der Waals surface area contributed by atoms with Crippen molar-refractivity contribution in [3.05, 3.63) is 33.4 Å². The Morgan fingerprint density at radius 3 is 2.19 bits per heavy atom. The quantitative estimate of drug-likeness (QED) is 0.162. The number of aliphatic carboxylic acids is 1. The molecule has 0 aliphatic carbocycles. The van der Waals surface area contributed by atoms with E-state index in [4.69, 9.17) is 10.5 Å². The lowest BCUT2D eigenvalue weighted by Gasteiger charge is -2.27. The van der Waals surface area contributed by atoms with Gasteiger partial charge in [-0.2, -0.15) is 0 Å². The van der Waals surface area contributed by atoms with Crippen molar-refractivity contribution >= 4 is 46.3 Å². The normalized spacial score (nSPS) is 16.0. The molecule has 0 saturated heterocycles. The van der Waals surface area contributed by atoms with Gasteiger partial charge in [0.25, 0.3) is 0 Å². The van der Waals surface area contributed by atoms with Gasteiger partial charge in [0.05, 0.1) is 6.42 Å². The molecule has 0 spiro atoms. The fraction of sp³-hybridized carbons (Fsp3) is 0.630. The van der Waals surface area contributed by atoms with Gasteiger partial charge in [-0.1, -0.05) is 59.1 Å². The number of hydrogen-bond acceptors (Lipinski definition) is 6. The van der Waals surface area contributed by atoms with Crippen molar-refractivity contribution in [2.45, 2.75) is 97.4 Å². The number of amides is 2. The maximum absolute atomic E-state index is 13.1. The summed E-state index contributed by atoms with van der Waals surface area (Å²) in [5.74, 6) is -2.94. The molecule has 6 atom stereocenters. The van der Waals surface area contributed by atoms with Crippen LogP contribution in [0.2, 0.25) is 0 Å². The number of ether oxygens (including phenoxy) is 1. The van der Waals surface area contributed by atoms with Crippen LogP contribution in [0.1, 0.15) is 72.3 Å². The molecule has 0 unspecified atom stereocenters. The van der Waals surface area contributed by atoms with Gasteiger partial charge in [-0.25, -0.2) is 0 Å². The van der Waals surface area contributed by atoms with Gasteiger partial charge in [0.15, 0.2) is 0 Å². The van der Waals surface area contributed by atoms with Gasteiger partial charge >= 0.3 is 11.9 Å². The third-order valence-corrected chi connectivity index (χ3v) is 7.28. The molecule has 0 saturated carbocycles. The highest BCUT2D eigenvalue weighted by molar-refractivity contribution is 14.1. The molecule has 0 aliphatic heterocycles.